The lowest BCUT2D eigenvalue weighted by Gasteiger charge is -2.38. The molecular weight excluding hydrogens is 240 g/mol. The maximum Gasteiger partial charge on any atom is -0.0324 e. The zero-order valence-corrected chi connectivity index (χ0v) is 15.5. The molecule has 6 unspecified atom stereocenters. The quantitative estimate of drug-likeness (QED) is 0.470. The van der Waals surface area contributed by atoms with Gasteiger partial charge in [-0.3, -0.25) is 0 Å². The Kier molecular flexibility index (Phi) is 6.61. The van der Waals surface area contributed by atoms with Crippen LogP contribution in [0.25, 0.3) is 0 Å². The molecule has 120 valence electrons. The standard InChI is InChI=1S/C20H40/c1-9-10-11-12-13-18-15(3)14(2)16(4)19(18)17(5)20(6,7)8/h14-19H,9-13H2,1-8H3. The molecule has 1 rings (SSSR count). The van der Waals surface area contributed by atoms with Crippen LogP contribution in [-0.4, -0.2) is 0 Å². The maximum atomic E-state index is 2.53. The normalized spacial score (nSPS) is 36.3. The molecule has 0 aliphatic heterocycles. The highest BCUT2D eigenvalue weighted by atomic mass is 14.5. The molecule has 1 saturated carbocycles. The van der Waals surface area contributed by atoms with E-state index in [1.54, 1.807) is 0 Å². The van der Waals surface area contributed by atoms with E-state index in [0.717, 1.165) is 35.5 Å². The van der Waals surface area contributed by atoms with Gasteiger partial charge in [-0.2, -0.15) is 0 Å². The van der Waals surface area contributed by atoms with Crippen molar-refractivity contribution in [2.75, 3.05) is 0 Å². The minimum Gasteiger partial charge on any atom is -0.0654 e. The predicted octanol–water partition coefficient (Wildman–Crippen LogP) is 6.79. The summed E-state index contributed by atoms with van der Waals surface area (Å²) in [6.45, 7) is 19.7. The number of hydrogen-bond acceptors (Lipinski definition) is 0. The second-order valence-electron chi connectivity index (χ2n) is 8.82. The van der Waals surface area contributed by atoms with Gasteiger partial charge in [0, 0.05) is 0 Å². The predicted molar refractivity (Wildman–Crippen MR) is 91.9 cm³/mol. The van der Waals surface area contributed by atoms with E-state index in [0.29, 0.717) is 5.41 Å². The van der Waals surface area contributed by atoms with Gasteiger partial charge in [0.25, 0.3) is 0 Å². The van der Waals surface area contributed by atoms with Crippen LogP contribution >= 0.6 is 0 Å². The fraction of sp³-hybridized carbons (Fsp3) is 1.00. The van der Waals surface area contributed by atoms with Gasteiger partial charge in [-0.15, -0.1) is 0 Å². The summed E-state index contributed by atoms with van der Waals surface area (Å²) in [5.74, 6) is 5.45. The summed E-state index contributed by atoms with van der Waals surface area (Å²) < 4.78 is 0. The number of hydrogen-bond donors (Lipinski definition) is 0. The van der Waals surface area contributed by atoms with Gasteiger partial charge in [0.05, 0.1) is 0 Å². The van der Waals surface area contributed by atoms with Crippen LogP contribution in [-0.2, 0) is 0 Å². The van der Waals surface area contributed by atoms with Crippen LogP contribution in [0.5, 0.6) is 0 Å². The first kappa shape index (κ1) is 18.1. The summed E-state index contributed by atoms with van der Waals surface area (Å²) >= 11 is 0. The van der Waals surface area contributed by atoms with E-state index >= 15 is 0 Å². The van der Waals surface area contributed by atoms with Crippen LogP contribution in [0.15, 0.2) is 0 Å². The third-order valence-corrected chi connectivity index (χ3v) is 6.77. The first-order valence-corrected chi connectivity index (χ1v) is 9.21. The van der Waals surface area contributed by atoms with Crippen LogP contribution in [0.4, 0.5) is 0 Å². The Morgan fingerprint density at radius 1 is 0.850 bits per heavy atom. The molecule has 0 heteroatoms. The molecule has 0 aromatic rings. The Labute approximate surface area is 129 Å². The second kappa shape index (κ2) is 7.32. The smallest absolute Gasteiger partial charge is 0.0324 e. The first-order chi connectivity index (χ1) is 9.21. The molecule has 1 aliphatic rings. The summed E-state index contributed by atoms with van der Waals surface area (Å²) in [6.07, 6.45) is 7.15. The molecule has 0 nitrogen and oxygen atoms in total. The molecule has 0 aromatic heterocycles. The molecule has 20 heavy (non-hydrogen) atoms. The highest BCUT2D eigenvalue weighted by Crippen LogP contribution is 2.53. The van der Waals surface area contributed by atoms with Crippen molar-refractivity contribution in [3.05, 3.63) is 0 Å². The Bertz CT molecular complexity index is 272. The van der Waals surface area contributed by atoms with Gasteiger partial charge in [0.15, 0.2) is 0 Å². The molecule has 0 heterocycles. The van der Waals surface area contributed by atoms with E-state index in [1.807, 2.05) is 0 Å². The fourth-order valence-corrected chi connectivity index (χ4v) is 4.63. The van der Waals surface area contributed by atoms with Crippen molar-refractivity contribution in [3.8, 4) is 0 Å². The van der Waals surface area contributed by atoms with Gasteiger partial charge in [0.1, 0.15) is 0 Å². The zero-order chi connectivity index (χ0) is 15.5. The average molecular weight is 281 g/mol. The van der Waals surface area contributed by atoms with Crippen LogP contribution < -0.4 is 0 Å². The van der Waals surface area contributed by atoms with Crippen molar-refractivity contribution in [2.45, 2.75) is 87.5 Å². The second-order valence-corrected chi connectivity index (χ2v) is 8.82. The van der Waals surface area contributed by atoms with Gasteiger partial charge in [0.2, 0.25) is 0 Å². The maximum absolute atomic E-state index is 2.53. The van der Waals surface area contributed by atoms with Crippen LogP contribution in [0.3, 0.4) is 0 Å². The topological polar surface area (TPSA) is 0 Å². The third-order valence-electron chi connectivity index (χ3n) is 6.77. The molecule has 6 atom stereocenters. The monoisotopic (exact) mass is 280 g/mol. The van der Waals surface area contributed by atoms with Crippen LogP contribution in [0.2, 0.25) is 0 Å². The lowest BCUT2D eigenvalue weighted by atomic mass is 9.67. The van der Waals surface area contributed by atoms with E-state index in [2.05, 4.69) is 55.4 Å². The van der Waals surface area contributed by atoms with E-state index in [1.165, 1.54) is 32.1 Å². The van der Waals surface area contributed by atoms with Gasteiger partial charge in [-0.25, -0.2) is 0 Å². The molecule has 0 bridgehead atoms. The fourth-order valence-electron chi connectivity index (χ4n) is 4.63. The minimum atomic E-state index is 0.449. The molecule has 1 aliphatic carbocycles. The Hall–Kier alpha value is 0. The van der Waals surface area contributed by atoms with E-state index in [4.69, 9.17) is 0 Å². The Morgan fingerprint density at radius 3 is 1.95 bits per heavy atom. The Morgan fingerprint density at radius 2 is 1.45 bits per heavy atom. The largest absolute Gasteiger partial charge is 0.0654 e. The highest BCUT2D eigenvalue weighted by molar-refractivity contribution is 4.96. The van der Waals surface area contributed by atoms with E-state index in [9.17, 15) is 0 Å². The summed E-state index contributed by atoms with van der Waals surface area (Å²) in [7, 11) is 0. The first-order valence-electron chi connectivity index (χ1n) is 9.21. The van der Waals surface area contributed by atoms with Crippen LogP contribution in [0.1, 0.15) is 87.5 Å². The SMILES string of the molecule is CCCCCCC1C(C)C(C)C(C)C1C(C)C(C)(C)C. The van der Waals surface area contributed by atoms with Crippen molar-refractivity contribution < 1.29 is 0 Å². The molecular formula is C20H40. The molecule has 0 spiro atoms. The lowest BCUT2D eigenvalue weighted by molar-refractivity contribution is 0.102. The molecule has 0 amide bonds. The number of unbranched alkanes of at least 4 members (excludes halogenated alkanes) is 3. The molecule has 0 radical (unpaired) electrons. The molecule has 1 fully saturated rings. The third kappa shape index (κ3) is 4.01. The summed E-state index contributed by atoms with van der Waals surface area (Å²) in [4.78, 5) is 0. The summed E-state index contributed by atoms with van der Waals surface area (Å²) in [6, 6.07) is 0. The number of rotatable bonds is 6. The zero-order valence-electron chi connectivity index (χ0n) is 15.5. The van der Waals surface area contributed by atoms with Gasteiger partial charge < -0.3 is 0 Å². The van der Waals surface area contributed by atoms with Crippen molar-refractivity contribution in [3.63, 3.8) is 0 Å². The van der Waals surface area contributed by atoms with Gasteiger partial charge in [-0.1, -0.05) is 81.1 Å². The summed E-state index contributed by atoms with van der Waals surface area (Å²) in [5.41, 5.74) is 0.449. The van der Waals surface area contributed by atoms with Crippen LogP contribution in [0, 0.1) is 40.9 Å². The molecule has 0 N–H and O–H groups in total. The van der Waals surface area contributed by atoms with E-state index < -0.39 is 0 Å². The van der Waals surface area contributed by atoms with Gasteiger partial charge >= 0.3 is 0 Å². The van der Waals surface area contributed by atoms with Crippen molar-refractivity contribution in [1.82, 2.24) is 0 Å². The van der Waals surface area contributed by atoms with E-state index in [-0.39, 0.29) is 0 Å². The Balaban J connectivity index is 2.75. The van der Waals surface area contributed by atoms with Crippen molar-refractivity contribution >= 4 is 0 Å². The van der Waals surface area contributed by atoms with Gasteiger partial charge in [-0.05, 0) is 47.3 Å². The van der Waals surface area contributed by atoms with Crippen molar-refractivity contribution in [1.29, 1.82) is 0 Å². The summed E-state index contributed by atoms with van der Waals surface area (Å²) in [5, 5.41) is 0. The lowest BCUT2D eigenvalue weighted by Crippen LogP contribution is -2.32. The highest BCUT2D eigenvalue weighted by Gasteiger charge is 2.47. The van der Waals surface area contributed by atoms with Crippen molar-refractivity contribution in [2.24, 2.45) is 40.9 Å². The molecule has 0 aromatic carbocycles. The minimum absolute atomic E-state index is 0.449. The molecule has 0 saturated heterocycles. The average Bonchev–Trinajstić information content (AvgIpc) is 2.57.